The molecule has 0 fully saturated rings. The lowest BCUT2D eigenvalue weighted by Gasteiger charge is -2.07. The maximum Gasteiger partial charge on any atom is 0.0151 e. The zero-order valence-corrected chi connectivity index (χ0v) is 10.8. The smallest absolute Gasteiger partial charge is 0.0151 e. The van der Waals surface area contributed by atoms with Crippen LogP contribution in [0.3, 0.4) is 0 Å². The van der Waals surface area contributed by atoms with Crippen molar-refractivity contribution in [2.24, 2.45) is 0 Å². The van der Waals surface area contributed by atoms with Crippen LogP contribution in [0.5, 0.6) is 0 Å². The summed E-state index contributed by atoms with van der Waals surface area (Å²) in [6.45, 7) is 6.45. The van der Waals surface area contributed by atoms with Crippen LogP contribution in [-0.2, 0) is 0 Å². The Hall–Kier alpha value is -1.21. The molecular formula is C15H16S. The van der Waals surface area contributed by atoms with Crippen LogP contribution in [0.15, 0.2) is 52.3 Å². The van der Waals surface area contributed by atoms with Gasteiger partial charge in [-0.1, -0.05) is 36.0 Å². The predicted molar refractivity (Wildman–Crippen MR) is 71.2 cm³/mol. The molecule has 0 saturated heterocycles. The van der Waals surface area contributed by atoms with E-state index >= 15 is 0 Å². The Morgan fingerprint density at radius 1 is 0.812 bits per heavy atom. The number of hydrogen-bond acceptors (Lipinski definition) is 1. The van der Waals surface area contributed by atoms with Gasteiger partial charge in [-0.15, -0.1) is 0 Å². The minimum atomic E-state index is 1.33. The molecule has 0 radical (unpaired) electrons. The van der Waals surface area contributed by atoms with Gasteiger partial charge in [-0.05, 0) is 55.7 Å². The fraction of sp³-hybridized carbons (Fsp3) is 0.200. The van der Waals surface area contributed by atoms with E-state index in [1.54, 1.807) is 0 Å². The average molecular weight is 228 g/mol. The molecule has 0 amide bonds. The van der Waals surface area contributed by atoms with Crippen LogP contribution >= 0.6 is 11.8 Å². The molecule has 16 heavy (non-hydrogen) atoms. The standard InChI is InChI=1S/C15H16S/c1-11-8-12(2)10-14(9-11)16-15-7-5-4-6-13(15)3/h4-10H,1-3H3. The average Bonchev–Trinajstić information content (AvgIpc) is 2.20. The molecule has 0 heterocycles. The van der Waals surface area contributed by atoms with Crippen molar-refractivity contribution in [3.63, 3.8) is 0 Å². The maximum atomic E-state index is 2.24. The van der Waals surface area contributed by atoms with Crippen molar-refractivity contribution in [1.82, 2.24) is 0 Å². The number of rotatable bonds is 2. The molecule has 2 rings (SSSR count). The summed E-state index contributed by atoms with van der Waals surface area (Å²) < 4.78 is 0. The van der Waals surface area contributed by atoms with Crippen molar-refractivity contribution in [2.75, 3.05) is 0 Å². The molecular weight excluding hydrogens is 212 g/mol. The number of hydrogen-bond donors (Lipinski definition) is 0. The highest BCUT2D eigenvalue weighted by Gasteiger charge is 2.01. The third-order valence-corrected chi connectivity index (χ3v) is 3.67. The second-order valence-corrected chi connectivity index (χ2v) is 5.31. The molecule has 0 nitrogen and oxygen atoms in total. The molecule has 2 aromatic carbocycles. The molecule has 0 aliphatic rings. The van der Waals surface area contributed by atoms with Crippen molar-refractivity contribution in [2.45, 2.75) is 30.6 Å². The lowest BCUT2D eigenvalue weighted by Crippen LogP contribution is -1.82. The van der Waals surface area contributed by atoms with E-state index in [2.05, 4.69) is 63.2 Å². The molecule has 0 aromatic heterocycles. The van der Waals surface area contributed by atoms with E-state index in [0.29, 0.717) is 0 Å². The number of aryl methyl sites for hydroxylation is 3. The highest BCUT2D eigenvalue weighted by molar-refractivity contribution is 7.99. The lowest BCUT2D eigenvalue weighted by molar-refractivity contribution is 1.26. The van der Waals surface area contributed by atoms with Gasteiger partial charge < -0.3 is 0 Å². The summed E-state index contributed by atoms with van der Waals surface area (Å²) in [5.74, 6) is 0. The molecule has 1 heteroatoms. The fourth-order valence-corrected chi connectivity index (χ4v) is 2.91. The zero-order valence-electron chi connectivity index (χ0n) is 9.95. The van der Waals surface area contributed by atoms with Crippen molar-refractivity contribution in [3.8, 4) is 0 Å². The van der Waals surface area contributed by atoms with E-state index < -0.39 is 0 Å². The van der Waals surface area contributed by atoms with E-state index in [9.17, 15) is 0 Å². The lowest BCUT2D eigenvalue weighted by atomic mass is 10.2. The maximum absolute atomic E-state index is 2.24. The van der Waals surface area contributed by atoms with Crippen LogP contribution in [0.2, 0.25) is 0 Å². The summed E-state index contributed by atoms with van der Waals surface area (Å²) in [7, 11) is 0. The third-order valence-electron chi connectivity index (χ3n) is 2.52. The van der Waals surface area contributed by atoms with Crippen molar-refractivity contribution in [1.29, 1.82) is 0 Å². The topological polar surface area (TPSA) is 0 Å². The first-order valence-electron chi connectivity index (χ1n) is 5.47. The van der Waals surface area contributed by atoms with Gasteiger partial charge in [0.15, 0.2) is 0 Å². The molecule has 0 aliphatic carbocycles. The van der Waals surface area contributed by atoms with Gasteiger partial charge in [0.05, 0.1) is 0 Å². The second kappa shape index (κ2) is 4.75. The minimum Gasteiger partial charge on any atom is -0.0898 e. The van der Waals surface area contributed by atoms with E-state index in [4.69, 9.17) is 0 Å². The van der Waals surface area contributed by atoms with Crippen molar-refractivity contribution >= 4 is 11.8 Å². The predicted octanol–water partition coefficient (Wildman–Crippen LogP) is 4.76. The van der Waals surface area contributed by atoms with Crippen LogP contribution in [0.4, 0.5) is 0 Å². The Morgan fingerprint density at radius 2 is 1.44 bits per heavy atom. The Kier molecular flexibility index (Phi) is 3.35. The quantitative estimate of drug-likeness (QED) is 0.714. The largest absolute Gasteiger partial charge is 0.0898 e. The first-order chi connectivity index (χ1) is 7.65. The molecule has 0 spiro atoms. The fourth-order valence-electron chi connectivity index (χ4n) is 1.79. The molecule has 0 saturated carbocycles. The monoisotopic (exact) mass is 228 g/mol. The van der Waals surface area contributed by atoms with Gasteiger partial charge in [-0.3, -0.25) is 0 Å². The minimum absolute atomic E-state index is 1.33. The van der Waals surface area contributed by atoms with Crippen LogP contribution < -0.4 is 0 Å². The summed E-state index contributed by atoms with van der Waals surface area (Å²) >= 11 is 1.84. The van der Waals surface area contributed by atoms with Crippen LogP contribution in [0, 0.1) is 20.8 Å². The highest BCUT2D eigenvalue weighted by atomic mass is 32.2. The van der Waals surface area contributed by atoms with Gasteiger partial charge in [0.2, 0.25) is 0 Å². The Balaban J connectivity index is 2.30. The molecule has 82 valence electrons. The Morgan fingerprint density at radius 3 is 2.06 bits per heavy atom. The van der Waals surface area contributed by atoms with Gasteiger partial charge in [-0.25, -0.2) is 0 Å². The molecule has 0 bridgehead atoms. The van der Waals surface area contributed by atoms with Gasteiger partial charge in [0, 0.05) is 9.79 Å². The highest BCUT2D eigenvalue weighted by Crippen LogP contribution is 2.31. The SMILES string of the molecule is Cc1cc(C)cc(Sc2ccccc2C)c1. The summed E-state index contributed by atoms with van der Waals surface area (Å²) in [6.07, 6.45) is 0. The van der Waals surface area contributed by atoms with Crippen LogP contribution in [0.25, 0.3) is 0 Å². The Bertz CT molecular complexity index is 480. The molecule has 0 unspecified atom stereocenters. The van der Waals surface area contributed by atoms with Crippen LogP contribution in [0.1, 0.15) is 16.7 Å². The van der Waals surface area contributed by atoms with Gasteiger partial charge in [0.25, 0.3) is 0 Å². The van der Waals surface area contributed by atoms with E-state index in [1.165, 1.54) is 26.5 Å². The van der Waals surface area contributed by atoms with Gasteiger partial charge >= 0.3 is 0 Å². The van der Waals surface area contributed by atoms with Crippen molar-refractivity contribution in [3.05, 3.63) is 59.2 Å². The van der Waals surface area contributed by atoms with Crippen molar-refractivity contribution < 1.29 is 0 Å². The third kappa shape index (κ3) is 2.67. The summed E-state index contributed by atoms with van der Waals surface area (Å²) in [6, 6.07) is 15.2. The molecule has 0 atom stereocenters. The summed E-state index contributed by atoms with van der Waals surface area (Å²) in [5.41, 5.74) is 4.00. The van der Waals surface area contributed by atoms with Gasteiger partial charge in [0.1, 0.15) is 0 Å². The first-order valence-corrected chi connectivity index (χ1v) is 6.28. The zero-order chi connectivity index (χ0) is 11.5. The number of benzene rings is 2. The van der Waals surface area contributed by atoms with E-state index in [0.717, 1.165) is 0 Å². The second-order valence-electron chi connectivity index (χ2n) is 4.19. The van der Waals surface area contributed by atoms with Gasteiger partial charge in [-0.2, -0.15) is 0 Å². The van der Waals surface area contributed by atoms with E-state index in [1.807, 2.05) is 11.8 Å². The van der Waals surface area contributed by atoms with E-state index in [-0.39, 0.29) is 0 Å². The van der Waals surface area contributed by atoms with Crippen LogP contribution in [-0.4, -0.2) is 0 Å². The normalized spacial score (nSPS) is 10.4. The summed E-state index contributed by atoms with van der Waals surface area (Å²) in [5, 5.41) is 0. The molecule has 0 aliphatic heterocycles. The molecule has 2 aromatic rings. The summed E-state index contributed by atoms with van der Waals surface area (Å²) in [4.78, 5) is 2.67. The first kappa shape index (κ1) is 11.3. The molecule has 0 N–H and O–H groups in total. The Labute approximate surface area is 102 Å².